The van der Waals surface area contributed by atoms with E-state index in [1.807, 2.05) is 0 Å². The van der Waals surface area contributed by atoms with Gasteiger partial charge >= 0.3 is 0 Å². The predicted molar refractivity (Wildman–Crippen MR) is 30.1 cm³/mol. The summed E-state index contributed by atoms with van der Waals surface area (Å²) in [5.41, 5.74) is 0. The number of carbonyl (C=O) groups is 1. The van der Waals surface area contributed by atoms with Crippen molar-refractivity contribution < 1.29 is 10.0 Å². The Kier molecular flexibility index (Phi) is 3.48. The molecule has 0 saturated carbocycles. The number of carbonyl (C=O) groups excluding carboxylic acids is 1. The van der Waals surface area contributed by atoms with Gasteiger partial charge < -0.3 is 5.21 Å². The summed E-state index contributed by atoms with van der Waals surface area (Å²) in [6, 6.07) is 0. The van der Waals surface area contributed by atoms with Crippen LogP contribution in [0, 0.1) is 0 Å². The molecule has 44 valence electrons. The van der Waals surface area contributed by atoms with Gasteiger partial charge in [0, 0.05) is 6.42 Å². The molecule has 0 saturated heterocycles. The fraction of sp³-hybridized carbons (Fsp3) is 0.200. The molecule has 0 amide bonds. The van der Waals surface area contributed by atoms with Gasteiger partial charge in [-0.2, -0.15) is 0 Å². The molecule has 0 radical (unpaired) electrons. The minimum Gasteiger partial charge on any atom is -0.411 e. The molecule has 0 aliphatic heterocycles. The van der Waals surface area contributed by atoms with E-state index in [1.54, 1.807) is 0 Å². The second-order valence-corrected chi connectivity index (χ2v) is 1.17. The van der Waals surface area contributed by atoms with Crippen molar-refractivity contribution in [1.82, 2.24) is 0 Å². The minimum atomic E-state index is -0.150. The number of nitrogens with zero attached hydrogens (tertiary/aromatic N) is 1. The van der Waals surface area contributed by atoms with Crippen molar-refractivity contribution >= 4 is 12.0 Å². The zero-order valence-electron chi connectivity index (χ0n) is 4.37. The fourth-order valence-electron chi connectivity index (χ4n) is 0.214. The van der Waals surface area contributed by atoms with E-state index in [0.717, 1.165) is 6.21 Å². The Balaban J connectivity index is 3.39. The third kappa shape index (κ3) is 3.08. The van der Waals surface area contributed by atoms with Crippen LogP contribution in [0.25, 0.3) is 0 Å². The van der Waals surface area contributed by atoms with Gasteiger partial charge in [-0.1, -0.05) is 6.58 Å². The van der Waals surface area contributed by atoms with Crippen molar-refractivity contribution in [3.05, 3.63) is 12.7 Å². The third-order valence-electron chi connectivity index (χ3n) is 0.602. The Morgan fingerprint density at radius 1 is 1.88 bits per heavy atom. The van der Waals surface area contributed by atoms with Gasteiger partial charge in [0.2, 0.25) is 0 Å². The Morgan fingerprint density at radius 3 is 2.88 bits per heavy atom. The molecule has 0 atom stereocenters. The lowest BCUT2D eigenvalue weighted by Crippen LogP contribution is -1.90. The number of allylic oxidation sites excluding steroid dienone is 1. The minimum absolute atomic E-state index is 0.125. The molecule has 3 heteroatoms. The highest BCUT2D eigenvalue weighted by Crippen LogP contribution is 1.77. The van der Waals surface area contributed by atoms with Crippen LogP contribution in [0.4, 0.5) is 0 Å². The molecule has 0 aliphatic rings. The van der Waals surface area contributed by atoms with Gasteiger partial charge in [-0.3, -0.25) is 4.79 Å². The molecule has 0 bridgehead atoms. The lowest BCUT2D eigenvalue weighted by atomic mass is 10.3. The lowest BCUT2D eigenvalue weighted by Gasteiger charge is -1.79. The first-order valence-electron chi connectivity index (χ1n) is 2.12. The molecular formula is C5H7NO2. The number of rotatable bonds is 3. The molecule has 0 rings (SSSR count). The van der Waals surface area contributed by atoms with E-state index in [-0.39, 0.29) is 12.2 Å². The van der Waals surface area contributed by atoms with Crippen molar-refractivity contribution in [3.63, 3.8) is 0 Å². The van der Waals surface area contributed by atoms with Crippen molar-refractivity contribution in [2.45, 2.75) is 6.42 Å². The molecule has 0 aromatic carbocycles. The highest BCUT2D eigenvalue weighted by Gasteiger charge is 1.87. The van der Waals surface area contributed by atoms with Gasteiger partial charge in [-0.15, -0.1) is 5.16 Å². The first-order valence-corrected chi connectivity index (χ1v) is 2.12. The monoisotopic (exact) mass is 113 g/mol. The van der Waals surface area contributed by atoms with E-state index < -0.39 is 0 Å². The van der Waals surface area contributed by atoms with Crippen molar-refractivity contribution in [2.75, 3.05) is 0 Å². The molecule has 0 spiro atoms. The van der Waals surface area contributed by atoms with Crippen LogP contribution < -0.4 is 0 Å². The molecule has 0 aromatic rings. The van der Waals surface area contributed by atoms with E-state index in [0.29, 0.717) is 0 Å². The Labute approximate surface area is 47.3 Å². The molecule has 1 N–H and O–H groups in total. The lowest BCUT2D eigenvalue weighted by molar-refractivity contribution is -0.113. The van der Waals surface area contributed by atoms with Gasteiger partial charge in [-0.05, 0) is 6.08 Å². The van der Waals surface area contributed by atoms with E-state index >= 15 is 0 Å². The molecule has 0 aromatic heterocycles. The molecule has 3 nitrogen and oxygen atoms in total. The van der Waals surface area contributed by atoms with E-state index in [9.17, 15) is 4.79 Å². The maximum Gasteiger partial charge on any atom is 0.160 e. The molecule has 0 heterocycles. The summed E-state index contributed by atoms with van der Waals surface area (Å²) in [6.07, 6.45) is 2.42. The Morgan fingerprint density at radius 2 is 2.50 bits per heavy atom. The quantitative estimate of drug-likeness (QED) is 0.252. The van der Waals surface area contributed by atoms with Gasteiger partial charge in [0.1, 0.15) is 0 Å². The van der Waals surface area contributed by atoms with Gasteiger partial charge in [-0.25, -0.2) is 0 Å². The maximum atomic E-state index is 10.3. The van der Waals surface area contributed by atoms with E-state index in [1.165, 1.54) is 6.08 Å². The molecule has 0 unspecified atom stereocenters. The fourth-order valence-corrected chi connectivity index (χ4v) is 0.214. The average Bonchev–Trinajstić information content (AvgIpc) is 1.83. The zero-order valence-corrected chi connectivity index (χ0v) is 4.37. The standard InChI is InChI=1S/C5H7NO2/c1-2-5(7)3-4-6-8/h2,4,8H,1,3H2. The highest BCUT2D eigenvalue weighted by atomic mass is 16.4. The normalized spacial score (nSPS) is 9.50. The Bertz CT molecular complexity index is 118. The molecule has 8 heavy (non-hydrogen) atoms. The van der Waals surface area contributed by atoms with Crippen molar-refractivity contribution in [3.8, 4) is 0 Å². The van der Waals surface area contributed by atoms with Crippen molar-refractivity contribution in [1.29, 1.82) is 0 Å². The van der Waals surface area contributed by atoms with Crippen LogP contribution in [0.2, 0.25) is 0 Å². The average molecular weight is 113 g/mol. The van der Waals surface area contributed by atoms with Crippen LogP contribution in [0.5, 0.6) is 0 Å². The van der Waals surface area contributed by atoms with Crippen LogP contribution in [0.15, 0.2) is 17.8 Å². The number of hydrogen-bond acceptors (Lipinski definition) is 3. The summed E-state index contributed by atoms with van der Waals surface area (Å²) in [7, 11) is 0. The smallest absolute Gasteiger partial charge is 0.160 e. The predicted octanol–water partition coefficient (Wildman–Crippen LogP) is 0.592. The van der Waals surface area contributed by atoms with Crippen LogP contribution in [-0.2, 0) is 4.79 Å². The van der Waals surface area contributed by atoms with Crippen LogP contribution >= 0.6 is 0 Å². The number of ketones is 1. The summed E-state index contributed by atoms with van der Waals surface area (Å²) in [6.45, 7) is 3.22. The summed E-state index contributed by atoms with van der Waals surface area (Å²) >= 11 is 0. The second-order valence-electron chi connectivity index (χ2n) is 1.17. The zero-order chi connectivity index (χ0) is 6.41. The third-order valence-corrected chi connectivity index (χ3v) is 0.602. The Hall–Kier alpha value is -1.12. The first-order chi connectivity index (χ1) is 3.81. The van der Waals surface area contributed by atoms with Gasteiger partial charge in [0.25, 0.3) is 0 Å². The molecular weight excluding hydrogens is 106 g/mol. The van der Waals surface area contributed by atoms with E-state index in [4.69, 9.17) is 5.21 Å². The SMILES string of the molecule is C=CC(=O)CC=NO. The van der Waals surface area contributed by atoms with Gasteiger partial charge in [0.05, 0.1) is 6.21 Å². The summed E-state index contributed by atoms with van der Waals surface area (Å²) in [5.74, 6) is -0.150. The van der Waals surface area contributed by atoms with E-state index in [2.05, 4.69) is 11.7 Å². The van der Waals surface area contributed by atoms with Crippen LogP contribution in [0.1, 0.15) is 6.42 Å². The number of hydrogen-bond donors (Lipinski definition) is 1. The van der Waals surface area contributed by atoms with Crippen LogP contribution in [0.3, 0.4) is 0 Å². The highest BCUT2D eigenvalue weighted by molar-refractivity contribution is 5.98. The molecule has 0 aliphatic carbocycles. The summed E-state index contributed by atoms with van der Waals surface area (Å²) < 4.78 is 0. The topological polar surface area (TPSA) is 49.7 Å². The molecule has 0 fully saturated rings. The largest absolute Gasteiger partial charge is 0.411 e. The summed E-state index contributed by atoms with van der Waals surface area (Å²) in [4.78, 5) is 10.3. The van der Waals surface area contributed by atoms with Crippen molar-refractivity contribution in [2.24, 2.45) is 5.16 Å². The second kappa shape index (κ2) is 4.05. The number of oxime groups is 1. The van der Waals surface area contributed by atoms with Crippen LogP contribution in [-0.4, -0.2) is 17.2 Å². The maximum absolute atomic E-state index is 10.3. The van der Waals surface area contributed by atoms with Gasteiger partial charge in [0.15, 0.2) is 5.78 Å². The summed E-state index contributed by atoms with van der Waals surface area (Å²) in [5, 5.41) is 10.4. The first kappa shape index (κ1) is 6.88.